The van der Waals surface area contributed by atoms with Crippen LogP contribution in [0.3, 0.4) is 0 Å². The molecule has 3 heteroatoms. The van der Waals surface area contributed by atoms with Crippen molar-refractivity contribution in [2.75, 3.05) is 0 Å². The van der Waals surface area contributed by atoms with E-state index in [9.17, 15) is 5.11 Å². The molecule has 0 spiro atoms. The van der Waals surface area contributed by atoms with Gasteiger partial charge >= 0.3 is 0 Å². The largest absolute Gasteiger partial charge is 0.389 e. The smallest absolute Gasteiger partial charge is 0.0782 e. The Kier molecular flexibility index (Phi) is 2.85. The van der Waals surface area contributed by atoms with E-state index >= 15 is 0 Å². The number of aliphatic hydroxyl groups is 1. The predicted octanol–water partition coefficient (Wildman–Crippen LogP) is 3.48. The third-order valence-electron chi connectivity index (χ3n) is 2.67. The highest BCUT2D eigenvalue weighted by Crippen LogP contribution is 2.28. The lowest BCUT2D eigenvalue weighted by Crippen LogP contribution is -1.91. The molecule has 1 aromatic heterocycles. The van der Waals surface area contributed by atoms with Crippen molar-refractivity contribution in [3.8, 4) is 0 Å². The molecule has 1 heterocycles. The molecule has 80 valence electrons. The van der Waals surface area contributed by atoms with Crippen molar-refractivity contribution in [1.82, 2.24) is 4.57 Å². The number of nitrogens with zero attached hydrogens (tertiary/aromatic N) is 1. The summed E-state index contributed by atoms with van der Waals surface area (Å²) in [5.41, 5.74) is 2.17. The van der Waals surface area contributed by atoms with Gasteiger partial charge < -0.3 is 9.67 Å². The minimum atomic E-state index is -0.415. The molecule has 1 aromatic carbocycles. The van der Waals surface area contributed by atoms with Crippen molar-refractivity contribution in [2.45, 2.75) is 26.5 Å². The number of hydrogen-bond acceptors (Lipinski definition) is 1. The summed E-state index contributed by atoms with van der Waals surface area (Å²) in [6, 6.07) is 6.15. The SMILES string of the molecule is CCn1cc(C(C)O)c2ccc(Br)cc21. The molecule has 1 unspecified atom stereocenters. The number of halogens is 1. The van der Waals surface area contributed by atoms with Gasteiger partial charge in [-0.2, -0.15) is 0 Å². The summed E-state index contributed by atoms with van der Waals surface area (Å²) in [5.74, 6) is 0. The van der Waals surface area contributed by atoms with Gasteiger partial charge in [0.2, 0.25) is 0 Å². The van der Waals surface area contributed by atoms with Crippen molar-refractivity contribution >= 4 is 26.8 Å². The average molecular weight is 268 g/mol. The van der Waals surface area contributed by atoms with Gasteiger partial charge in [0.05, 0.1) is 6.10 Å². The van der Waals surface area contributed by atoms with Gasteiger partial charge in [-0.3, -0.25) is 0 Å². The molecule has 0 radical (unpaired) electrons. The second-order valence-corrected chi connectivity index (χ2v) is 4.62. The predicted molar refractivity (Wildman–Crippen MR) is 65.9 cm³/mol. The van der Waals surface area contributed by atoms with Crippen LogP contribution in [-0.2, 0) is 6.54 Å². The van der Waals surface area contributed by atoms with Crippen molar-refractivity contribution in [3.63, 3.8) is 0 Å². The van der Waals surface area contributed by atoms with E-state index in [1.807, 2.05) is 18.3 Å². The molecule has 0 bridgehead atoms. The fourth-order valence-electron chi connectivity index (χ4n) is 1.89. The summed E-state index contributed by atoms with van der Waals surface area (Å²) in [7, 11) is 0. The standard InChI is InChI=1S/C12H14BrNO/c1-3-14-7-11(8(2)15)10-5-4-9(13)6-12(10)14/h4-8,15H,3H2,1-2H3. The van der Waals surface area contributed by atoms with E-state index in [2.05, 4.69) is 33.5 Å². The van der Waals surface area contributed by atoms with E-state index in [1.54, 1.807) is 6.92 Å². The number of benzene rings is 1. The van der Waals surface area contributed by atoms with Crippen LogP contribution in [0.25, 0.3) is 10.9 Å². The Bertz CT molecular complexity index is 488. The van der Waals surface area contributed by atoms with Crippen molar-refractivity contribution < 1.29 is 5.11 Å². The maximum Gasteiger partial charge on any atom is 0.0782 e. The third-order valence-corrected chi connectivity index (χ3v) is 3.16. The summed E-state index contributed by atoms with van der Waals surface area (Å²) in [4.78, 5) is 0. The fraction of sp³-hybridized carbons (Fsp3) is 0.333. The highest BCUT2D eigenvalue weighted by atomic mass is 79.9. The highest BCUT2D eigenvalue weighted by Gasteiger charge is 2.11. The average Bonchev–Trinajstić information content (AvgIpc) is 2.55. The molecular formula is C12H14BrNO. The van der Waals surface area contributed by atoms with Gasteiger partial charge in [0.25, 0.3) is 0 Å². The lowest BCUT2D eigenvalue weighted by molar-refractivity contribution is 0.200. The second kappa shape index (κ2) is 3.99. The van der Waals surface area contributed by atoms with Gasteiger partial charge in [-0.05, 0) is 26.0 Å². The molecule has 0 fully saturated rings. The monoisotopic (exact) mass is 267 g/mol. The maximum absolute atomic E-state index is 9.67. The van der Waals surface area contributed by atoms with E-state index in [0.717, 1.165) is 22.0 Å². The van der Waals surface area contributed by atoms with Crippen molar-refractivity contribution in [3.05, 3.63) is 34.4 Å². The van der Waals surface area contributed by atoms with Crippen LogP contribution >= 0.6 is 15.9 Å². The molecule has 0 aliphatic carbocycles. The molecule has 2 aromatic rings. The Morgan fingerprint density at radius 3 is 2.80 bits per heavy atom. The number of aryl methyl sites for hydroxylation is 1. The topological polar surface area (TPSA) is 25.2 Å². The molecule has 15 heavy (non-hydrogen) atoms. The van der Waals surface area contributed by atoms with Crippen LogP contribution in [0.5, 0.6) is 0 Å². The quantitative estimate of drug-likeness (QED) is 0.886. The molecular weight excluding hydrogens is 254 g/mol. The van der Waals surface area contributed by atoms with Gasteiger partial charge in [0.1, 0.15) is 0 Å². The zero-order chi connectivity index (χ0) is 11.0. The van der Waals surface area contributed by atoms with Crippen LogP contribution in [0.4, 0.5) is 0 Å². The molecule has 1 atom stereocenters. The molecule has 0 amide bonds. The first-order chi connectivity index (χ1) is 7.13. The zero-order valence-corrected chi connectivity index (χ0v) is 10.5. The molecule has 0 saturated carbocycles. The van der Waals surface area contributed by atoms with E-state index < -0.39 is 6.10 Å². The van der Waals surface area contributed by atoms with E-state index in [1.165, 1.54) is 5.52 Å². The molecule has 2 nitrogen and oxygen atoms in total. The highest BCUT2D eigenvalue weighted by molar-refractivity contribution is 9.10. The number of aromatic nitrogens is 1. The molecule has 0 aliphatic rings. The Morgan fingerprint density at radius 2 is 2.20 bits per heavy atom. The number of aliphatic hydroxyl groups excluding tert-OH is 1. The minimum absolute atomic E-state index is 0.415. The second-order valence-electron chi connectivity index (χ2n) is 3.71. The summed E-state index contributed by atoms with van der Waals surface area (Å²) in [6.45, 7) is 4.82. The van der Waals surface area contributed by atoms with Crippen LogP contribution in [0.15, 0.2) is 28.9 Å². The van der Waals surface area contributed by atoms with Crippen LogP contribution in [0.1, 0.15) is 25.5 Å². The first-order valence-electron chi connectivity index (χ1n) is 5.10. The summed E-state index contributed by atoms with van der Waals surface area (Å²) < 4.78 is 3.22. The van der Waals surface area contributed by atoms with E-state index in [4.69, 9.17) is 0 Å². The molecule has 0 saturated heterocycles. The summed E-state index contributed by atoms with van der Waals surface area (Å²) in [6.07, 6.45) is 1.61. The summed E-state index contributed by atoms with van der Waals surface area (Å²) in [5, 5.41) is 10.8. The van der Waals surface area contributed by atoms with Gasteiger partial charge in [-0.1, -0.05) is 22.0 Å². The Morgan fingerprint density at radius 1 is 1.47 bits per heavy atom. The van der Waals surface area contributed by atoms with E-state index in [0.29, 0.717) is 0 Å². The first-order valence-corrected chi connectivity index (χ1v) is 5.89. The molecule has 2 rings (SSSR count). The van der Waals surface area contributed by atoms with Gasteiger partial charge in [0.15, 0.2) is 0 Å². The lowest BCUT2D eigenvalue weighted by atomic mass is 10.1. The lowest BCUT2D eigenvalue weighted by Gasteiger charge is -2.01. The molecule has 1 N–H and O–H groups in total. The minimum Gasteiger partial charge on any atom is -0.389 e. The van der Waals surface area contributed by atoms with E-state index in [-0.39, 0.29) is 0 Å². The van der Waals surface area contributed by atoms with Crippen LogP contribution in [0, 0.1) is 0 Å². The summed E-state index contributed by atoms with van der Waals surface area (Å²) >= 11 is 3.47. The van der Waals surface area contributed by atoms with Gasteiger partial charge in [-0.25, -0.2) is 0 Å². The Hall–Kier alpha value is -0.800. The Balaban J connectivity index is 2.75. The van der Waals surface area contributed by atoms with Crippen LogP contribution < -0.4 is 0 Å². The fourth-order valence-corrected chi connectivity index (χ4v) is 2.24. The van der Waals surface area contributed by atoms with Crippen LogP contribution in [0.2, 0.25) is 0 Å². The first kappa shape index (κ1) is 10.7. The van der Waals surface area contributed by atoms with Crippen LogP contribution in [-0.4, -0.2) is 9.67 Å². The number of hydrogen-bond donors (Lipinski definition) is 1. The normalized spacial score (nSPS) is 13.3. The third kappa shape index (κ3) is 1.82. The molecule has 0 aliphatic heterocycles. The van der Waals surface area contributed by atoms with Gasteiger partial charge in [-0.15, -0.1) is 0 Å². The van der Waals surface area contributed by atoms with Gasteiger partial charge in [0, 0.05) is 33.7 Å². The van der Waals surface area contributed by atoms with Crippen molar-refractivity contribution in [2.24, 2.45) is 0 Å². The number of rotatable bonds is 2. The van der Waals surface area contributed by atoms with Crippen molar-refractivity contribution in [1.29, 1.82) is 0 Å². The Labute approximate surface area is 97.7 Å². The number of fused-ring (bicyclic) bond motifs is 1. The zero-order valence-electron chi connectivity index (χ0n) is 8.87. The maximum atomic E-state index is 9.67.